The molecule has 4 nitrogen and oxygen atoms in total. The molecule has 1 fully saturated rings. The summed E-state index contributed by atoms with van der Waals surface area (Å²) in [5, 5.41) is 5.11. The molecule has 3 aromatic rings. The van der Waals surface area contributed by atoms with Gasteiger partial charge in [-0.3, -0.25) is 0 Å². The number of hydrogen-bond acceptors (Lipinski definition) is 4. The number of anilines is 1. The molecular weight excluding hydrogens is 365 g/mol. The van der Waals surface area contributed by atoms with Gasteiger partial charge in [-0.15, -0.1) is 0 Å². The Bertz CT molecular complexity index is 1060. The third kappa shape index (κ3) is 2.86. The molecule has 2 unspecified atom stereocenters. The first-order chi connectivity index (χ1) is 14.3. The van der Waals surface area contributed by atoms with E-state index in [2.05, 4.69) is 33.2 Å². The van der Waals surface area contributed by atoms with E-state index in [4.69, 9.17) is 4.52 Å². The second-order valence-corrected chi connectivity index (χ2v) is 8.79. The van der Waals surface area contributed by atoms with E-state index in [1.54, 1.807) is 22.9 Å². The van der Waals surface area contributed by atoms with Crippen LogP contribution >= 0.6 is 0 Å². The molecule has 0 aliphatic carbocycles. The Hall–Kier alpha value is -2.40. The second-order valence-electron chi connectivity index (χ2n) is 8.79. The van der Waals surface area contributed by atoms with Gasteiger partial charge in [0.2, 0.25) is 0 Å². The van der Waals surface area contributed by atoms with E-state index in [0.717, 1.165) is 37.0 Å². The molecule has 3 aliphatic heterocycles. The Balaban J connectivity index is 1.13. The van der Waals surface area contributed by atoms with Crippen molar-refractivity contribution in [1.29, 1.82) is 0 Å². The van der Waals surface area contributed by atoms with Gasteiger partial charge in [0.15, 0.2) is 5.58 Å². The van der Waals surface area contributed by atoms with Gasteiger partial charge in [-0.2, -0.15) is 0 Å². The van der Waals surface area contributed by atoms with Gasteiger partial charge >= 0.3 is 0 Å². The standard InChI is InChI=1S/C24H26FN3O/c25-17-8-9-19-21(26-29-23(19)14-17)7-3-11-27-13-10-22-20(15-27)18-6-1-4-16-5-2-12-28(22)24(16)18/h1,4,6,8-9,14,20,22H,2-3,5,7,10-13,15H2. The van der Waals surface area contributed by atoms with E-state index in [1.165, 1.54) is 44.5 Å². The summed E-state index contributed by atoms with van der Waals surface area (Å²) in [5.41, 5.74) is 6.20. The van der Waals surface area contributed by atoms with Gasteiger partial charge in [0.25, 0.3) is 0 Å². The molecule has 6 rings (SSSR count). The first-order valence-electron chi connectivity index (χ1n) is 10.9. The number of para-hydroxylation sites is 1. The summed E-state index contributed by atoms with van der Waals surface area (Å²) in [4.78, 5) is 5.35. The van der Waals surface area contributed by atoms with Crippen molar-refractivity contribution in [2.75, 3.05) is 31.1 Å². The molecule has 2 aromatic carbocycles. The minimum absolute atomic E-state index is 0.277. The average Bonchev–Trinajstić information content (AvgIpc) is 3.29. The lowest BCUT2D eigenvalue weighted by Gasteiger charge is -2.40. The van der Waals surface area contributed by atoms with Crippen LogP contribution in [-0.4, -0.2) is 42.3 Å². The lowest BCUT2D eigenvalue weighted by molar-refractivity contribution is 0.191. The lowest BCUT2D eigenvalue weighted by Crippen LogP contribution is -2.47. The summed E-state index contributed by atoms with van der Waals surface area (Å²) in [6.45, 7) is 4.63. The zero-order valence-electron chi connectivity index (χ0n) is 16.6. The maximum Gasteiger partial charge on any atom is 0.170 e. The highest BCUT2D eigenvalue weighted by molar-refractivity contribution is 5.79. The predicted molar refractivity (Wildman–Crippen MR) is 112 cm³/mol. The zero-order valence-corrected chi connectivity index (χ0v) is 16.6. The van der Waals surface area contributed by atoms with Crippen LogP contribution in [0.5, 0.6) is 0 Å². The number of hydrogen-bond donors (Lipinski definition) is 0. The summed E-state index contributed by atoms with van der Waals surface area (Å²) < 4.78 is 18.6. The Morgan fingerprint density at radius 2 is 2.14 bits per heavy atom. The first-order valence-corrected chi connectivity index (χ1v) is 10.9. The van der Waals surface area contributed by atoms with Crippen molar-refractivity contribution in [2.45, 2.75) is 44.1 Å². The molecular formula is C24H26FN3O. The summed E-state index contributed by atoms with van der Waals surface area (Å²) in [7, 11) is 0. The Labute approximate surface area is 170 Å². The third-order valence-corrected chi connectivity index (χ3v) is 7.14. The van der Waals surface area contributed by atoms with Crippen LogP contribution in [0.1, 0.15) is 42.0 Å². The van der Waals surface area contributed by atoms with Crippen LogP contribution in [0.25, 0.3) is 11.0 Å². The largest absolute Gasteiger partial charge is 0.367 e. The summed E-state index contributed by atoms with van der Waals surface area (Å²) >= 11 is 0. The van der Waals surface area contributed by atoms with E-state index < -0.39 is 0 Å². The van der Waals surface area contributed by atoms with Crippen LogP contribution in [-0.2, 0) is 12.8 Å². The van der Waals surface area contributed by atoms with Gasteiger partial charge in [0, 0.05) is 48.7 Å². The van der Waals surface area contributed by atoms with Crippen molar-refractivity contribution in [3.05, 3.63) is 59.0 Å². The fourth-order valence-corrected chi connectivity index (χ4v) is 5.85. The van der Waals surface area contributed by atoms with E-state index >= 15 is 0 Å². The van der Waals surface area contributed by atoms with Crippen LogP contribution in [0.15, 0.2) is 40.9 Å². The smallest absolute Gasteiger partial charge is 0.170 e. The summed E-state index contributed by atoms with van der Waals surface area (Å²) in [6, 6.07) is 12.3. The van der Waals surface area contributed by atoms with Crippen LogP contribution in [0.2, 0.25) is 0 Å². The molecule has 1 saturated heterocycles. The van der Waals surface area contributed by atoms with Gasteiger partial charge in [0.05, 0.1) is 5.69 Å². The molecule has 0 amide bonds. The molecule has 0 N–H and O–H groups in total. The minimum atomic E-state index is -0.277. The van der Waals surface area contributed by atoms with Crippen molar-refractivity contribution in [3.63, 3.8) is 0 Å². The molecule has 4 heterocycles. The maximum atomic E-state index is 13.3. The van der Waals surface area contributed by atoms with Crippen LogP contribution < -0.4 is 4.90 Å². The fraction of sp³-hybridized carbons (Fsp3) is 0.458. The molecule has 0 radical (unpaired) electrons. The second kappa shape index (κ2) is 6.84. The van der Waals surface area contributed by atoms with E-state index in [1.807, 2.05) is 0 Å². The summed E-state index contributed by atoms with van der Waals surface area (Å²) in [5.74, 6) is 0.369. The van der Waals surface area contributed by atoms with E-state index in [9.17, 15) is 4.39 Å². The monoisotopic (exact) mass is 391 g/mol. The van der Waals surface area contributed by atoms with Crippen LogP contribution in [0, 0.1) is 5.82 Å². The number of aromatic nitrogens is 1. The number of halogens is 1. The number of fused-ring (bicyclic) bond motifs is 4. The Kier molecular flexibility index (Phi) is 4.12. The van der Waals surface area contributed by atoms with Gasteiger partial charge < -0.3 is 14.3 Å². The number of benzene rings is 2. The van der Waals surface area contributed by atoms with E-state index in [-0.39, 0.29) is 5.82 Å². The number of likely N-dealkylation sites (tertiary alicyclic amines) is 1. The van der Waals surface area contributed by atoms with Crippen LogP contribution in [0.4, 0.5) is 10.1 Å². The highest BCUT2D eigenvalue weighted by Crippen LogP contribution is 2.48. The van der Waals surface area contributed by atoms with Gasteiger partial charge in [-0.25, -0.2) is 4.39 Å². The topological polar surface area (TPSA) is 32.5 Å². The fourth-order valence-electron chi connectivity index (χ4n) is 5.85. The molecule has 150 valence electrons. The number of rotatable bonds is 4. The molecule has 5 heteroatoms. The molecule has 0 saturated carbocycles. The van der Waals surface area contributed by atoms with Crippen molar-refractivity contribution < 1.29 is 8.91 Å². The maximum absolute atomic E-state index is 13.3. The highest BCUT2D eigenvalue weighted by atomic mass is 19.1. The number of nitrogens with zero attached hydrogens (tertiary/aromatic N) is 3. The van der Waals surface area contributed by atoms with Crippen molar-refractivity contribution in [1.82, 2.24) is 10.1 Å². The molecule has 0 bridgehead atoms. The molecule has 2 atom stereocenters. The Morgan fingerprint density at radius 3 is 3.10 bits per heavy atom. The molecule has 3 aliphatic rings. The number of aryl methyl sites for hydroxylation is 2. The Morgan fingerprint density at radius 1 is 1.17 bits per heavy atom. The van der Waals surface area contributed by atoms with Crippen LogP contribution in [0.3, 0.4) is 0 Å². The summed E-state index contributed by atoms with van der Waals surface area (Å²) in [6.07, 6.45) is 5.70. The average molecular weight is 391 g/mol. The third-order valence-electron chi connectivity index (χ3n) is 7.14. The normalized spacial score (nSPS) is 23.4. The van der Waals surface area contributed by atoms with Crippen molar-refractivity contribution >= 4 is 16.7 Å². The lowest BCUT2D eigenvalue weighted by atomic mass is 9.88. The van der Waals surface area contributed by atoms with Gasteiger partial charge in [0.1, 0.15) is 5.82 Å². The first kappa shape index (κ1) is 17.5. The van der Waals surface area contributed by atoms with Crippen molar-refractivity contribution in [3.8, 4) is 0 Å². The zero-order chi connectivity index (χ0) is 19.4. The number of piperidine rings is 1. The molecule has 0 spiro atoms. The predicted octanol–water partition coefficient (Wildman–Crippen LogP) is 4.52. The van der Waals surface area contributed by atoms with Gasteiger partial charge in [-0.1, -0.05) is 23.4 Å². The van der Waals surface area contributed by atoms with E-state index in [0.29, 0.717) is 17.5 Å². The highest BCUT2D eigenvalue weighted by Gasteiger charge is 2.43. The SMILES string of the molecule is Fc1ccc2c(CCCN3CCC4C(C3)c3cccc5c3N4CCC5)noc2c1. The molecule has 1 aromatic heterocycles. The van der Waals surface area contributed by atoms with Gasteiger partial charge in [-0.05, 0) is 61.9 Å². The quantitative estimate of drug-likeness (QED) is 0.654. The van der Waals surface area contributed by atoms with Crippen molar-refractivity contribution in [2.24, 2.45) is 0 Å². The minimum Gasteiger partial charge on any atom is -0.367 e. The molecule has 29 heavy (non-hydrogen) atoms.